The summed E-state index contributed by atoms with van der Waals surface area (Å²) in [6.45, 7) is 0. The van der Waals surface area contributed by atoms with E-state index in [0.717, 1.165) is 0 Å². The predicted molar refractivity (Wildman–Crippen MR) is 183 cm³/mol. The van der Waals surface area contributed by atoms with Crippen LogP contribution in [-0.2, 0) is 0 Å². The van der Waals surface area contributed by atoms with Crippen LogP contribution in [0.5, 0.6) is 0 Å². The Morgan fingerprint density at radius 3 is 1.60 bits per heavy atom. The van der Waals surface area contributed by atoms with Crippen molar-refractivity contribution in [2.75, 3.05) is 0 Å². The first-order chi connectivity index (χ1) is 32.2. The highest BCUT2D eigenvalue weighted by molar-refractivity contribution is 6.23. The Bertz CT molecular complexity index is 3910. The molecule has 0 spiro atoms. The second kappa shape index (κ2) is 9.44. The van der Waals surface area contributed by atoms with Crippen molar-refractivity contribution in [2.45, 2.75) is 0 Å². The molecule has 8 aromatic carbocycles. The van der Waals surface area contributed by atoms with Gasteiger partial charge in [-0.3, -0.25) is 0 Å². The maximum absolute atomic E-state index is 9.92. The lowest BCUT2D eigenvalue weighted by molar-refractivity contribution is 0.669. The van der Waals surface area contributed by atoms with Crippen molar-refractivity contribution in [1.29, 1.82) is 0 Å². The van der Waals surface area contributed by atoms with Gasteiger partial charge in [-0.25, -0.2) is 0 Å². The average Bonchev–Trinajstić information content (AvgIpc) is 3.74. The molecule has 1 aromatic heterocycles. The molecule has 0 radical (unpaired) electrons. The second-order valence-electron chi connectivity index (χ2n) is 9.26. The van der Waals surface area contributed by atoms with Crippen LogP contribution in [0.4, 0.5) is 0 Å². The number of fused-ring (bicyclic) bond motifs is 6. The molecule has 200 valence electrons. The molecule has 0 aliphatic rings. The molecular formula is C42H26O. The third-order valence-electron chi connectivity index (χ3n) is 6.89. The quantitative estimate of drug-likeness (QED) is 0.192. The monoisotopic (exact) mass is 572 g/mol. The molecule has 1 nitrogen and oxygen atoms in total. The van der Waals surface area contributed by atoms with Gasteiger partial charge < -0.3 is 4.42 Å². The molecule has 0 unspecified atom stereocenters. The number of rotatable bonds is 3. The van der Waals surface area contributed by atoms with E-state index in [1.165, 1.54) is 0 Å². The Morgan fingerprint density at radius 2 is 0.860 bits per heavy atom. The van der Waals surface area contributed by atoms with Crippen LogP contribution in [0.2, 0.25) is 0 Å². The van der Waals surface area contributed by atoms with Crippen LogP contribution >= 0.6 is 0 Å². The molecule has 1 heterocycles. The largest absolute Gasteiger partial charge is 0.456 e. The summed E-state index contributed by atoms with van der Waals surface area (Å²) >= 11 is 0. The highest BCUT2D eigenvalue weighted by atomic mass is 16.3. The lowest BCUT2D eigenvalue weighted by Gasteiger charge is -2.19. The smallest absolute Gasteiger partial charge is 0.136 e. The fraction of sp³-hybridized carbons (Fsp3) is 0. The van der Waals surface area contributed by atoms with Gasteiger partial charge in [0, 0.05) is 10.8 Å². The standard InChI is InChI=1S/C42H26O/c1-3-11-27(12-4-1)31-19-21-35-38(24-31)42(34-18-10-9-17-33(34)41(35)28-13-5-2-6-14-28)32-20-22-39-36(25-32)37-23-29-15-7-8-16-30(29)26-40(37)43-39/h1-26H/i1D,2D,3D,4D,5D,6D,7D,8D,9D,10D,11D,12D,13D,14D,15D,16D,17D,18D,19D,20D,21D,22D,23D,24D,25D,26D. The molecule has 0 saturated heterocycles. The van der Waals surface area contributed by atoms with Crippen LogP contribution in [-0.4, -0.2) is 0 Å². The fourth-order valence-electron chi connectivity index (χ4n) is 5.08. The molecule has 0 bridgehead atoms. The van der Waals surface area contributed by atoms with Gasteiger partial charge in [0.2, 0.25) is 0 Å². The molecule has 0 aliphatic carbocycles. The normalized spacial score (nSPS) is 20.2. The van der Waals surface area contributed by atoms with Gasteiger partial charge >= 0.3 is 0 Å². The van der Waals surface area contributed by atoms with E-state index in [2.05, 4.69) is 0 Å². The van der Waals surface area contributed by atoms with E-state index in [0.29, 0.717) is 0 Å². The fourth-order valence-corrected chi connectivity index (χ4v) is 5.08. The second-order valence-corrected chi connectivity index (χ2v) is 9.26. The van der Waals surface area contributed by atoms with Gasteiger partial charge in [-0.15, -0.1) is 0 Å². The van der Waals surface area contributed by atoms with Crippen molar-refractivity contribution in [2.24, 2.45) is 0 Å². The Kier molecular flexibility index (Phi) is 2.13. The molecule has 0 atom stereocenters. The van der Waals surface area contributed by atoms with Crippen molar-refractivity contribution in [3.05, 3.63) is 157 Å². The molecule has 0 N–H and O–H groups in total. The molecule has 1 heteroatoms. The molecule has 43 heavy (non-hydrogen) atoms. The summed E-state index contributed by atoms with van der Waals surface area (Å²) < 4.78 is 238. The summed E-state index contributed by atoms with van der Waals surface area (Å²) in [7, 11) is 0. The zero-order chi connectivity index (χ0) is 51.0. The predicted octanol–water partition coefficient (Wildman–Crippen LogP) is 12.0. The van der Waals surface area contributed by atoms with Crippen LogP contribution in [0, 0.1) is 0 Å². The van der Waals surface area contributed by atoms with Gasteiger partial charge in [0.1, 0.15) is 11.2 Å². The Labute approximate surface area is 285 Å². The number of furan rings is 1. The van der Waals surface area contributed by atoms with Gasteiger partial charge in [0.25, 0.3) is 0 Å². The van der Waals surface area contributed by atoms with E-state index in [1.807, 2.05) is 0 Å². The summed E-state index contributed by atoms with van der Waals surface area (Å²) in [5, 5.41) is -4.95. The minimum Gasteiger partial charge on any atom is -0.456 e. The van der Waals surface area contributed by atoms with Gasteiger partial charge in [-0.05, 0) is 95.9 Å². The van der Waals surface area contributed by atoms with E-state index in [1.54, 1.807) is 0 Å². The van der Waals surface area contributed by atoms with Crippen molar-refractivity contribution in [3.8, 4) is 33.4 Å². The summed E-state index contributed by atoms with van der Waals surface area (Å²) in [5.41, 5.74) is -5.90. The van der Waals surface area contributed by atoms with Gasteiger partial charge in [-0.2, -0.15) is 0 Å². The van der Waals surface area contributed by atoms with Crippen LogP contribution in [0.3, 0.4) is 0 Å². The summed E-state index contributed by atoms with van der Waals surface area (Å²) in [6.07, 6.45) is 0. The molecule has 0 fully saturated rings. The van der Waals surface area contributed by atoms with Crippen LogP contribution in [0.1, 0.15) is 35.6 Å². The highest BCUT2D eigenvalue weighted by Gasteiger charge is 2.19. The first-order valence-corrected chi connectivity index (χ1v) is 12.7. The topological polar surface area (TPSA) is 13.1 Å². The van der Waals surface area contributed by atoms with E-state index in [4.69, 9.17) is 27.7 Å². The molecular weight excluding hydrogens is 520 g/mol. The third kappa shape index (κ3) is 3.79. The SMILES string of the molecule is [2H]c1c([2H])c([2H])c(-c2c([2H])c([2H])c3c(-c4c([2H])c([2H])c([2H])c([2H])c4[2H])c4c([2H])c([2H])c([2H])c([2H])c4c(-c4c([2H])c([2H])c5oc6c([2H])c7c([2H])c([2H])c([2H])c([2H])c7c([2H])c6c5c4[2H])c3c2[2H])c([2H])c1[2H]. The number of hydrogen-bond acceptors (Lipinski definition) is 1. The number of benzene rings is 8. The Morgan fingerprint density at radius 1 is 0.326 bits per heavy atom. The zero-order valence-electron chi connectivity index (χ0n) is 47.4. The lowest BCUT2D eigenvalue weighted by Crippen LogP contribution is -1.91. The third-order valence-corrected chi connectivity index (χ3v) is 6.89. The molecule has 0 saturated carbocycles. The molecule has 0 amide bonds. The van der Waals surface area contributed by atoms with E-state index in [-0.39, 0.29) is 0 Å². The number of hydrogen-bond donors (Lipinski definition) is 0. The van der Waals surface area contributed by atoms with Crippen LogP contribution in [0.25, 0.3) is 87.6 Å². The first kappa shape index (κ1) is 9.69. The first-order valence-electron chi connectivity index (χ1n) is 25.7. The maximum atomic E-state index is 9.92. The van der Waals surface area contributed by atoms with Crippen molar-refractivity contribution >= 4 is 54.3 Å². The van der Waals surface area contributed by atoms with Crippen molar-refractivity contribution < 1.29 is 40.1 Å². The van der Waals surface area contributed by atoms with E-state index in [9.17, 15) is 12.3 Å². The Hall–Kier alpha value is -5.66. The van der Waals surface area contributed by atoms with Crippen LogP contribution < -0.4 is 0 Å². The van der Waals surface area contributed by atoms with E-state index < -0.39 is 245 Å². The minimum absolute atomic E-state index is 0.452. The van der Waals surface area contributed by atoms with Crippen LogP contribution in [0.15, 0.2) is 162 Å². The van der Waals surface area contributed by atoms with E-state index >= 15 is 0 Å². The van der Waals surface area contributed by atoms with Crippen molar-refractivity contribution in [3.63, 3.8) is 0 Å². The zero-order valence-corrected chi connectivity index (χ0v) is 21.4. The van der Waals surface area contributed by atoms with Gasteiger partial charge in [0.15, 0.2) is 0 Å². The highest BCUT2D eigenvalue weighted by Crippen LogP contribution is 2.46. The van der Waals surface area contributed by atoms with Gasteiger partial charge in [-0.1, -0.05) is 127 Å². The Balaban J connectivity index is 1.67. The molecule has 9 aromatic rings. The summed E-state index contributed by atoms with van der Waals surface area (Å²) in [5.74, 6) is 0. The van der Waals surface area contributed by atoms with Gasteiger partial charge in [0.05, 0.1) is 35.6 Å². The maximum Gasteiger partial charge on any atom is 0.136 e. The lowest BCUT2D eigenvalue weighted by atomic mass is 9.84. The van der Waals surface area contributed by atoms with Crippen molar-refractivity contribution in [1.82, 2.24) is 0 Å². The average molecular weight is 573 g/mol. The summed E-state index contributed by atoms with van der Waals surface area (Å²) in [6, 6.07) is -23.7. The summed E-state index contributed by atoms with van der Waals surface area (Å²) in [4.78, 5) is 0. The minimum atomic E-state index is -1.05. The molecule has 0 aliphatic heterocycles. The molecule has 9 rings (SSSR count).